The lowest BCUT2D eigenvalue weighted by Crippen LogP contribution is -1.85. The average molecular weight is 280 g/mol. The first-order chi connectivity index (χ1) is 9.85. The summed E-state index contributed by atoms with van der Waals surface area (Å²) in [4.78, 5) is 1.30. The summed E-state index contributed by atoms with van der Waals surface area (Å²) in [6, 6.07) is 23.3. The van der Waals surface area contributed by atoms with Crippen LogP contribution in [0.3, 0.4) is 0 Å². The van der Waals surface area contributed by atoms with Crippen LogP contribution in [0.15, 0.2) is 71.6 Å². The molecule has 0 radical (unpaired) electrons. The topological polar surface area (TPSA) is 9.23 Å². The van der Waals surface area contributed by atoms with Crippen LogP contribution >= 0.6 is 11.8 Å². The van der Waals surface area contributed by atoms with Crippen molar-refractivity contribution in [2.24, 2.45) is 0 Å². The Bertz CT molecular complexity index is 721. The van der Waals surface area contributed by atoms with Gasteiger partial charge in [0.2, 0.25) is 0 Å². The van der Waals surface area contributed by atoms with Crippen molar-refractivity contribution in [2.75, 3.05) is 7.11 Å². The van der Waals surface area contributed by atoms with Crippen LogP contribution < -0.4 is 4.74 Å². The van der Waals surface area contributed by atoms with E-state index in [9.17, 15) is 0 Å². The molecule has 0 aliphatic rings. The van der Waals surface area contributed by atoms with Crippen molar-refractivity contribution in [3.05, 3.63) is 72.3 Å². The highest BCUT2D eigenvalue weighted by atomic mass is 32.2. The zero-order chi connectivity index (χ0) is 13.8. The van der Waals surface area contributed by atoms with Crippen molar-refractivity contribution >= 4 is 22.5 Å². The van der Waals surface area contributed by atoms with Crippen LogP contribution in [0, 0.1) is 0 Å². The molecule has 0 unspecified atom stereocenters. The maximum atomic E-state index is 5.26. The standard InChI is InChI=1S/C18H16OS/c1-19-17-8-4-5-14(11-17)13-20-18-10-9-15-6-2-3-7-16(15)12-18/h2-12H,13H2,1H3. The van der Waals surface area contributed by atoms with Crippen LogP contribution in [-0.4, -0.2) is 7.11 Å². The molecule has 0 heterocycles. The van der Waals surface area contributed by atoms with Gasteiger partial charge in [0.05, 0.1) is 7.11 Å². The minimum Gasteiger partial charge on any atom is -0.497 e. The molecule has 20 heavy (non-hydrogen) atoms. The number of thioether (sulfide) groups is 1. The van der Waals surface area contributed by atoms with Gasteiger partial charge in [-0.05, 0) is 40.6 Å². The quantitative estimate of drug-likeness (QED) is 0.612. The number of methoxy groups -OCH3 is 1. The van der Waals surface area contributed by atoms with Gasteiger partial charge in [0.25, 0.3) is 0 Å². The molecule has 0 aromatic heterocycles. The summed E-state index contributed by atoms with van der Waals surface area (Å²) in [5.41, 5.74) is 1.28. The minimum atomic E-state index is 0.918. The van der Waals surface area contributed by atoms with E-state index in [-0.39, 0.29) is 0 Å². The second-order valence-corrected chi connectivity index (χ2v) is 5.70. The lowest BCUT2D eigenvalue weighted by atomic mass is 10.1. The maximum Gasteiger partial charge on any atom is 0.119 e. The highest BCUT2D eigenvalue weighted by molar-refractivity contribution is 7.98. The Morgan fingerprint density at radius 1 is 0.850 bits per heavy atom. The molecule has 100 valence electrons. The van der Waals surface area contributed by atoms with Gasteiger partial charge >= 0.3 is 0 Å². The Morgan fingerprint density at radius 2 is 1.70 bits per heavy atom. The molecule has 0 atom stereocenters. The van der Waals surface area contributed by atoms with E-state index in [0.29, 0.717) is 0 Å². The fourth-order valence-corrected chi connectivity index (χ4v) is 3.07. The highest BCUT2D eigenvalue weighted by Crippen LogP contribution is 2.27. The smallest absolute Gasteiger partial charge is 0.119 e. The molecule has 3 rings (SSSR count). The molecule has 1 nitrogen and oxygen atoms in total. The lowest BCUT2D eigenvalue weighted by Gasteiger charge is -2.06. The van der Waals surface area contributed by atoms with Gasteiger partial charge in [-0.15, -0.1) is 11.8 Å². The fraction of sp³-hybridized carbons (Fsp3) is 0.111. The zero-order valence-corrected chi connectivity index (χ0v) is 12.2. The first kappa shape index (κ1) is 13.1. The average Bonchev–Trinajstić information content (AvgIpc) is 2.53. The van der Waals surface area contributed by atoms with Crippen molar-refractivity contribution in [3.8, 4) is 5.75 Å². The number of ether oxygens (including phenoxy) is 1. The van der Waals surface area contributed by atoms with Gasteiger partial charge in [-0.1, -0.05) is 42.5 Å². The van der Waals surface area contributed by atoms with E-state index in [2.05, 4.69) is 54.6 Å². The van der Waals surface area contributed by atoms with Gasteiger partial charge in [-0.25, -0.2) is 0 Å². The summed E-state index contributed by atoms with van der Waals surface area (Å²) < 4.78 is 5.26. The molecule has 0 saturated heterocycles. The van der Waals surface area contributed by atoms with Crippen molar-refractivity contribution in [1.82, 2.24) is 0 Å². The lowest BCUT2D eigenvalue weighted by molar-refractivity contribution is 0.414. The third kappa shape index (κ3) is 2.97. The first-order valence-electron chi connectivity index (χ1n) is 6.60. The minimum absolute atomic E-state index is 0.918. The molecule has 0 amide bonds. The van der Waals surface area contributed by atoms with Crippen molar-refractivity contribution in [1.29, 1.82) is 0 Å². The van der Waals surface area contributed by atoms with Crippen LogP contribution in [-0.2, 0) is 5.75 Å². The number of hydrogen-bond donors (Lipinski definition) is 0. The van der Waals surface area contributed by atoms with Gasteiger partial charge < -0.3 is 4.74 Å². The second-order valence-electron chi connectivity index (χ2n) is 4.65. The van der Waals surface area contributed by atoms with Crippen LogP contribution in [0.1, 0.15) is 5.56 Å². The highest BCUT2D eigenvalue weighted by Gasteiger charge is 2.00. The van der Waals surface area contributed by atoms with E-state index < -0.39 is 0 Å². The first-order valence-corrected chi connectivity index (χ1v) is 7.58. The monoisotopic (exact) mass is 280 g/mol. The van der Waals surface area contributed by atoms with E-state index in [1.807, 2.05) is 23.9 Å². The predicted octanol–water partition coefficient (Wildman–Crippen LogP) is 5.14. The normalized spacial score (nSPS) is 10.7. The van der Waals surface area contributed by atoms with Crippen molar-refractivity contribution in [2.45, 2.75) is 10.6 Å². The van der Waals surface area contributed by atoms with E-state index in [1.165, 1.54) is 21.2 Å². The molecular weight excluding hydrogens is 264 g/mol. The number of rotatable bonds is 4. The van der Waals surface area contributed by atoms with Gasteiger partial charge in [-0.3, -0.25) is 0 Å². The van der Waals surface area contributed by atoms with E-state index >= 15 is 0 Å². The van der Waals surface area contributed by atoms with E-state index in [0.717, 1.165) is 11.5 Å². The summed E-state index contributed by atoms with van der Waals surface area (Å²) >= 11 is 1.85. The molecule has 0 saturated carbocycles. The summed E-state index contributed by atoms with van der Waals surface area (Å²) in [6.45, 7) is 0. The molecule has 0 aliphatic heterocycles. The van der Waals surface area contributed by atoms with Crippen LogP contribution in [0.4, 0.5) is 0 Å². The van der Waals surface area contributed by atoms with Crippen LogP contribution in [0.2, 0.25) is 0 Å². The van der Waals surface area contributed by atoms with Crippen LogP contribution in [0.5, 0.6) is 5.75 Å². The predicted molar refractivity (Wildman–Crippen MR) is 86.5 cm³/mol. The van der Waals surface area contributed by atoms with Crippen LogP contribution in [0.25, 0.3) is 10.8 Å². The summed E-state index contributed by atoms with van der Waals surface area (Å²) in [5.74, 6) is 1.87. The Labute approximate surface area is 123 Å². The summed E-state index contributed by atoms with van der Waals surface area (Å²) in [6.07, 6.45) is 0. The Balaban J connectivity index is 1.76. The van der Waals surface area contributed by atoms with Gasteiger partial charge in [0, 0.05) is 10.6 Å². The molecule has 0 fully saturated rings. The second kappa shape index (κ2) is 6.02. The molecule has 3 aromatic rings. The maximum absolute atomic E-state index is 5.26. The van der Waals surface area contributed by atoms with E-state index in [1.54, 1.807) is 7.11 Å². The molecule has 2 heteroatoms. The van der Waals surface area contributed by atoms with Gasteiger partial charge in [0.1, 0.15) is 5.75 Å². The third-order valence-electron chi connectivity index (χ3n) is 3.26. The number of fused-ring (bicyclic) bond motifs is 1. The Morgan fingerprint density at radius 3 is 2.55 bits per heavy atom. The van der Waals surface area contributed by atoms with Gasteiger partial charge in [-0.2, -0.15) is 0 Å². The summed E-state index contributed by atoms with van der Waals surface area (Å²) in [7, 11) is 1.70. The Kier molecular flexibility index (Phi) is 3.93. The zero-order valence-electron chi connectivity index (χ0n) is 11.4. The SMILES string of the molecule is COc1cccc(CSc2ccc3ccccc3c2)c1. The number of hydrogen-bond acceptors (Lipinski definition) is 2. The molecular formula is C18H16OS. The largest absolute Gasteiger partial charge is 0.497 e. The Hall–Kier alpha value is -1.93. The molecule has 0 bridgehead atoms. The number of benzene rings is 3. The molecule has 3 aromatic carbocycles. The van der Waals surface area contributed by atoms with Crippen molar-refractivity contribution < 1.29 is 4.74 Å². The molecule has 0 N–H and O–H groups in total. The molecule has 0 spiro atoms. The van der Waals surface area contributed by atoms with Gasteiger partial charge in [0.15, 0.2) is 0 Å². The van der Waals surface area contributed by atoms with Crippen molar-refractivity contribution in [3.63, 3.8) is 0 Å². The molecule has 0 aliphatic carbocycles. The summed E-state index contributed by atoms with van der Waals surface area (Å²) in [5, 5.41) is 2.58. The fourth-order valence-electron chi connectivity index (χ4n) is 2.19. The third-order valence-corrected chi connectivity index (χ3v) is 4.33. The van der Waals surface area contributed by atoms with E-state index in [4.69, 9.17) is 4.74 Å².